The largest absolute Gasteiger partial charge is 0.481 e. The predicted molar refractivity (Wildman–Crippen MR) is 92.9 cm³/mol. The van der Waals surface area contributed by atoms with Gasteiger partial charge < -0.3 is 15.3 Å². The standard InChI is InChI=1S/C17H21N3O3S/c1-20(10-15-11-24-12-18-15)17(23)19-14(7-8-16(21)22)9-13-5-3-2-4-6-13/h2-6,11-12,14H,7-10H2,1H3,(H,19,23)(H,21,22). The lowest BCUT2D eigenvalue weighted by atomic mass is 10.0. The fourth-order valence-corrected chi connectivity index (χ4v) is 2.89. The molecule has 0 radical (unpaired) electrons. The predicted octanol–water partition coefficient (Wildman–Crippen LogP) is 2.76. The minimum Gasteiger partial charge on any atom is -0.481 e. The lowest BCUT2D eigenvalue weighted by Crippen LogP contribution is -2.44. The highest BCUT2D eigenvalue weighted by atomic mass is 32.1. The van der Waals surface area contributed by atoms with E-state index in [4.69, 9.17) is 5.11 Å². The van der Waals surface area contributed by atoms with Crippen molar-refractivity contribution >= 4 is 23.3 Å². The van der Waals surface area contributed by atoms with Gasteiger partial charge >= 0.3 is 12.0 Å². The van der Waals surface area contributed by atoms with Crippen LogP contribution in [-0.2, 0) is 17.8 Å². The zero-order valence-electron chi connectivity index (χ0n) is 13.5. The van der Waals surface area contributed by atoms with Gasteiger partial charge in [-0.05, 0) is 18.4 Å². The van der Waals surface area contributed by atoms with Gasteiger partial charge in [0.1, 0.15) is 0 Å². The van der Waals surface area contributed by atoms with Crippen LogP contribution >= 0.6 is 11.3 Å². The lowest BCUT2D eigenvalue weighted by Gasteiger charge is -2.23. The van der Waals surface area contributed by atoms with Crippen LogP contribution in [0.25, 0.3) is 0 Å². The molecule has 1 atom stereocenters. The molecule has 128 valence electrons. The number of carboxylic acids is 1. The molecular weight excluding hydrogens is 326 g/mol. The second kappa shape index (κ2) is 9.02. The van der Waals surface area contributed by atoms with Crippen molar-refractivity contribution in [2.24, 2.45) is 0 Å². The molecule has 6 nitrogen and oxygen atoms in total. The Morgan fingerprint density at radius 1 is 1.33 bits per heavy atom. The fourth-order valence-electron chi connectivity index (χ4n) is 2.34. The van der Waals surface area contributed by atoms with Gasteiger partial charge in [-0.3, -0.25) is 4.79 Å². The molecule has 2 aromatic rings. The number of carbonyl (C=O) groups excluding carboxylic acids is 1. The van der Waals surface area contributed by atoms with Gasteiger partial charge in [0, 0.05) is 24.9 Å². The van der Waals surface area contributed by atoms with Crippen molar-refractivity contribution in [1.82, 2.24) is 15.2 Å². The Balaban J connectivity index is 1.95. The van der Waals surface area contributed by atoms with Crippen LogP contribution in [0.5, 0.6) is 0 Å². The molecule has 0 saturated carbocycles. The van der Waals surface area contributed by atoms with Crippen molar-refractivity contribution in [3.63, 3.8) is 0 Å². The van der Waals surface area contributed by atoms with E-state index in [9.17, 15) is 9.59 Å². The number of carboxylic acid groups (broad SMARTS) is 1. The Kier molecular flexibility index (Phi) is 6.74. The van der Waals surface area contributed by atoms with E-state index in [1.54, 1.807) is 17.5 Å². The third-order valence-corrected chi connectivity index (χ3v) is 4.22. The summed E-state index contributed by atoms with van der Waals surface area (Å²) in [5, 5.41) is 13.7. The second-order valence-electron chi connectivity index (χ2n) is 5.60. The number of nitrogens with zero attached hydrogens (tertiary/aromatic N) is 2. The number of urea groups is 1. The molecule has 1 heterocycles. The number of carbonyl (C=O) groups is 2. The van der Waals surface area contributed by atoms with Crippen molar-refractivity contribution in [2.45, 2.75) is 31.8 Å². The van der Waals surface area contributed by atoms with Crippen LogP contribution in [-0.4, -0.2) is 40.1 Å². The summed E-state index contributed by atoms with van der Waals surface area (Å²) >= 11 is 1.49. The monoisotopic (exact) mass is 347 g/mol. The zero-order chi connectivity index (χ0) is 17.4. The third-order valence-electron chi connectivity index (χ3n) is 3.59. The van der Waals surface area contributed by atoms with Crippen LogP contribution in [0.15, 0.2) is 41.2 Å². The second-order valence-corrected chi connectivity index (χ2v) is 6.32. The number of benzene rings is 1. The molecule has 0 saturated heterocycles. The quantitative estimate of drug-likeness (QED) is 0.769. The van der Waals surface area contributed by atoms with Crippen LogP contribution in [0.2, 0.25) is 0 Å². The van der Waals surface area contributed by atoms with Crippen molar-refractivity contribution in [1.29, 1.82) is 0 Å². The maximum Gasteiger partial charge on any atom is 0.317 e. The summed E-state index contributed by atoms with van der Waals surface area (Å²) in [5.41, 5.74) is 3.63. The van der Waals surface area contributed by atoms with E-state index >= 15 is 0 Å². The summed E-state index contributed by atoms with van der Waals surface area (Å²) in [5.74, 6) is -0.863. The number of nitrogens with one attached hydrogen (secondary N) is 1. The molecule has 1 aromatic carbocycles. The highest BCUT2D eigenvalue weighted by Crippen LogP contribution is 2.10. The van der Waals surface area contributed by atoms with Crippen LogP contribution in [0, 0.1) is 0 Å². The number of amides is 2. The molecule has 0 aliphatic heterocycles. The first kappa shape index (κ1) is 17.9. The van der Waals surface area contributed by atoms with E-state index in [-0.39, 0.29) is 18.5 Å². The summed E-state index contributed by atoms with van der Waals surface area (Å²) in [6, 6.07) is 9.27. The van der Waals surface area contributed by atoms with E-state index < -0.39 is 5.97 Å². The fraction of sp³-hybridized carbons (Fsp3) is 0.353. The molecule has 0 aliphatic rings. The highest BCUT2D eigenvalue weighted by molar-refractivity contribution is 7.07. The first-order chi connectivity index (χ1) is 11.5. The van der Waals surface area contributed by atoms with Crippen LogP contribution in [0.4, 0.5) is 4.79 Å². The topological polar surface area (TPSA) is 82.5 Å². The molecule has 24 heavy (non-hydrogen) atoms. The van der Waals surface area contributed by atoms with Gasteiger partial charge in [0.2, 0.25) is 0 Å². The summed E-state index contributed by atoms with van der Waals surface area (Å²) in [6.45, 7) is 0.423. The van der Waals surface area contributed by atoms with Gasteiger partial charge in [0.15, 0.2) is 0 Å². The molecule has 2 N–H and O–H groups in total. The Morgan fingerprint density at radius 2 is 2.08 bits per heavy atom. The zero-order valence-corrected chi connectivity index (χ0v) is 14.3. The number of rotatable bonds is 8. The van der Waals surface area contributed by atoms with Gasteiger partial charge in [-0.25, -0.2) is 9.78 Å². The number of thiazole rings is 1. The maximum absolute atomic E-state index is 12.4. The minimum absolute atomic E-state index is 0.0214. The van der Waals surface area contributed by atoms with Crippen LogP contribution in [0.1, 0.15) is 24.1 Å². The maximum atomic E-state index is 12.4. The van der Waals surface area contributed by atoms with E-state index in [0.29, 0.717) is 19.4 Å². The molecule has 0 spiro atoms. The van der Waals surface area contributed by atoms with Gasteiger partial charge in [-0.15, -0.1) is 11.3 Å². The number of hydrogen-bond donors (Lipinski definition) is 2. The average Bonchev–Trinajstić information content (AvgIpc) is 3.06. The van der Waals surface area contributed by atoms with E-state index in [1.807, 2.05) is 35.7 Å². The van der Waals surface area contributed by atoms with Gasteiger partial charge in [0.25, 0.3) is 0 Å². The first-order valence-corrected chi connectivity index (χ1v) is 8.63. The molecule has 2 rings (SSSR count). The molecule has 1 unspecified atom stereocenters. The van der Waals surface area contributed by atoms with Crippen molar-refractivity contribution in [2.75, 3.05) is 7.05 Å². The molecule has 0 aliphatic carbocycles. The van der Waals surface area contributed by atoms with Crippen LogP contribution < -0.4 is 5.32 Å². The molecule has 7 heteroatoms. The Bertz CT molecular complexity index is 646. The Labute approximate surface area is 145 Å². The summed E-state index contributed by atoms with van der Waals surface area (Å²) in [4.78, 5) is 28.9. The van der Waals surface area contributed by atoms with Gasteiger partial charge in [0.05, 0.1) is 17.7 Å². The number of aliphatic carboxylic acids is 1. The Hall–Kier alpha value is -2.41. The normalized spacial score (nSPS) is 11.7. The number of hydrogen-bond acceptors (Lipinski definition) is 4. The summed E-state index contributed by atoms with van der Waals surface area (Å²) in [7, 11) is 1.70. The SMILES string of the molecule is CN(Cc1cscn1)C(=O)NC(CCC(=O)O)Cc1ccccc1. The van der Waals surface area contributed by atoms with Crippen LogP contribution in [0.3, 0.4) is 0 Å². The molecule has 0 bridgehead atoms. The Morgan fingerprint density at radius 3 is 2.71 bits per heavy atom. The molecule has 1 aromatic heterocycles. The van der Waals surface area contributed by atoms with Crippen molar-refractivity contribution < 1.29 is 14.7 Å². The average molecular weight is 347 g/mol. The highest BCUT2D eigenvalue weighted by Gasteiger charge is 2.17. The van der Waals surface area contributed by atoms with E-state index in [1.165, 1.54) is 11.3 Å². The molecule has 2 amide bonds. The van der Waals surface area contributed by atoms with Crippen molar-refractivity contribution in [3.8, 4) is 0 Å². The smallest absolute Gasteiger partial charge is 0.317 e. The van der Waals surface area contributed by atoms with E-state index in [2.05, 4.69) is 10.3 Å². The molecule has 0 fully saturated rings. The van der Waals surface area contributed by atoms with Gasteiger partial charge in [-0.1, -0.05) is 30.3 Å². The third kappa shape index (κ3) is 6.00. The number of aromatic nitrogens is 1. The van der Waals surface area contributed by atoms with E-state index in [0.717, 1.165) is 11.3 Å². The van der Waals surface area contributed by atoms with Crippen molar-refractivity contribution in [3.05, 3.63) is 52.5 Å². The minimum atomic E-state index is -0.863. The summed E-state index contributed by atoms with van der Waals surface area (Å²) in [6.07, 6.45) is 1.01. The molecular formula is C17H21N3O3S. The first-order valence-electron chi connectivity index (χ1n) is 7.69. The lowest BCUT2D eigenvalue weighted by molar-refractivity contribution is -0.137. The summed E-state index contributed by atoms with van der Waals surface area (Å²) < 4.78 is 0. The van der Waals surface area contributed by atoms with Gasteiger partial charge in [-0.2, -0.15) is 0 Å².